The molecule has 31 heteroatoms. The average molecular weight is 1080 g/mol. The largest absolute Gasteiger partial charge is 0.394 e. The van der Waals surface area contributed by atoms with Gasteiger partial charge in [0.05, 0.1) is 65.1 Å². The van der Waals surface area contributed by atoms with Crippen LogP contribution in [0, 0.1) is 0 Å². The molecule has 5 saturated heterocycles. The number of hydrogen-bond donors (Lipinski definition) is 18. The first-order valence-corrected chi connectivity index (χ1v) is 24.0. The molecule has 28 atom stereocenters. The molecule has 31 nitrogen and oxygen atoms in total. The molecule has 5 aliphatic rings. The second-order valence-electron chi connectivity index (χ2n) is 18.2. The molecule has 0 amide bonds. The Balaban J connectivity index is 1.20. The van der Waals surface area contributed by atoms with E-state index in [1.807, 2.05) is 0 Å². The first kappa shape index (κ1) is 62.6. The third-order valence-corrected chi connectivity index (χ3v) is 13.0. The highest BCUT2D eigenvalue weighted by Gasteiger charge is 2.55. The molecule has 19 N–H and O–H groups in total. The molecule has 0 saturated carbocycles. The van der Waals surface area contributed by atoms with Crippen LogP contribution in [0.25, 0.3) is 0 Å². The zero-order chi connectivity index (χ0) is 53.8. The fourth-order valence-electron chi connectivity index (χ4n) is 8.62. The van der Waals surface area contributed by atoms with Gasteiger partial charge in [-0.25, -0.2) is 0 Å². The summed E-state index contributed by atoms with van der Waals surface area (Å²) in [6.07, 6.45) is -46.0. The molecule has 0 aliphatic carbocycles. The van der Waals surface area contributed by atoms with E-state index in [9.17, 15) is 86.8 Å². The third-order valence-electron chi connectivity index (χ3n) is 13.0. The van der Waals surface area contributed by atoms with Gasteiger partial charge in [0.25, 0.3) is 0 Å². The second kappa shape index (κ2) is 29.7. The number of hydrogen-bond acceptors (Lipinski definition) is 31. The van der Waals surface area contributed by atoms with Gasteiger partial charge in [0.2, 0.25) is 0 Å². The summed E-state index contributed by atoms with van der Waals surface area (Å²) in [7, 11) is 0. The third kappa shape index (κ3) is 15.3. The molecule has 5 heterocycles. The maximum atomic E-state index is 11.3. The van der Waals surface area contributed by atoms with Crippen molar-refractivity contribution in [2.75, 3.05) is 66.0 Å². The molecule has 0 radical (unpaired) electrons. The van der Waals surface area contributed by atoms with Gasteiger partial charge in [-0.05, 0) is 33.2 Å². The molecule has 0 aromatic carbocycles. The lowest BCUT2D eigenvalue weighted by molar-refractivity contribution is -0.379. The first-order chi connectivity index (χ1) is 34.8. The van der Waals surface area contributed by atoms with E-state index >= 15 is 0 Å². The van der Waals surface area contributed by atoms with Crippen molar-refractivity contribution in [3.63, 3.8) is 0 Å². The van der Waals surface area contributed by atoms with Crippen LogP contribution in [0.2, 0.25) is 0 Å². The van der Waals surface area contributed by atoms with Gasteiger partial charge in [-0.1, -0.05) is 0 Å². The number of ether oxygens (including phenoxy) is 13. The van der Waals surface area contributed by atoms with Gasteiger partial charge < -0.3 is 154 Å². The van der Waals surface area contributed by atoms with Crippen LogP contribution in [-0.2, 0) is 61.6 Å². The van der Waals surface area contributed by atoms with E-state index in [4.69, 9.17) is 67.3 Å². The molecule has 430 valence electrons. The van der Waals surface area contributed by atoms with Crippen molar-refractivity contribution < 1.29 is 148 Å². The molecular formula is C42H77NO30. The molecule has 0 spiro atoms. The van der Waals surface area contributed by atoms with E-state index in [1.165, 1.54) is 6.92 Å². The van der Waals surface area contributed by atoms with Crippen molar-refractivity contribution in [3.8, 4) is 0 Å². The number of nitrogens with two attached hydrogens (primary N) is 1. The predicted octanol–water partition coefficient (Wildman–Crippen LogP) is -11.0. The van der Waals surface area contributed by atoms with Crippen LogP contribution in [0.1, 0.15) is 26.7 Å². The Morgan fingerprint density at radius 2 is 0.932 bits per heavy atom. The quantitative estimate of drug-likeness (QED) is 0.0282. The zero-order valence-electron chi connectivity index (χ0n) is 40.1. The van der Waals surface area contributed by atoms with Gasteiger partial charge in [-0.3, -0.25) is 0 Å². The summed E-state index contributed by atoms with van der Waals surface area (Å²) in [6, 6.07) is 0. The van der Waals surface area contributed by atoms with Gasteiger partial charge in [-0.2, -0.15) is 0 Å². The molecule has 0 aromatic rings. The molecular weight excluding hydrogens is 998 g/mol. The summed E-state index contributed by atoms with van der Waals surface area (Å²) in [6.45, 7) is -3.08. The summed E-state index contributed by atoms with van der Waals surface area (Å²) in [5.41, 5.74) is 5.48. The fourth-order valence-corrected chi connectivity index (χ4v) is 8.62. The lowest BCUT2D eigenvalue weighted by Gasteiger charge is -2.47. The highest BCUT2D eigenvalue weighted by Crippen LogP contribution is 2.35. The Kier molecular flexibility index (Phi) is 25.4. The van der Waals surface area contributed by atoms with Gasteiger partial charge >= 0.3 is 0 Å². The molecule has 5 aliphatic heterocycles. The monoisotopic (exact) mass is 1080 g/mol. The van der Waals surface area contributed by atoms with Gasteiger partial charge in [0.1, 0.15) is 122 Å². The normalized spacial score (nSPS) is 44.5. The van der Waals surface area contributed by atoms with E-state index < -0.39 is 218 Å². The highest BCUT2D eigenvalue weighted by atomic mass is 16.8. The number of aliphatic hydroxyl groups excluding tert-OH is 17. The summed E-state index contributed by atoms with van der Waals surface area (Å²) >= 11 is 0. The number of rotatable bonds is 26. The van der Waals surface area contributed by atoms with Crippen molar-refractivity contribution in [3.05, 3.63) is 0 Å². The summed E-state index contributed by atoms with van der Waals surface area (Å²) in [5, 5.41) is 181. The van der Waals surface area contributed by atoms with Crippen LogP contribution in [0.5, 0.6) is 0 Å². The number of unbranched alkanes of at least 4 members (excludes halogenated alkanes) is 1. The van der Waals surface area contributed by atoms with Crippen LogP contribution in [0.4, 0.5) is 0 Å². The Morgan fingerprint density at radius 1 is 0.507 bits per heavy atom. The minimum Gasteiger partial charge on any atom is -0.394 e. The topological polar surface area (TPSA) is 490 Å². The van der Waals surface area contributed by atoms with Crippen LogP contribution < -0.4 is 5.73 Å². The average Bonchev–Trinajstić information content (AvgIpc) is 3.52. The SMILES string of the molecule is C[C@@H]1OC[C@H](O)C(OC2C(CO)OC(OC3C(CO)OC(O[C@@H](C)C(CO)OC(OC4C(CO)OC(OC5C(CO)OC(OCCCCN)C(O)C5O)C(O)C4O)[C@@H](O)CO)C(O)C3O)C(O)C2O)OC1CO. The van der Waals surface area contributed by atoms with Gasteiger partial charge in [0, 0.05) is 6.61 Å². The second-order valence-corrected chi connectivity index (χ2v) is 18.2. The van der Waals surface area contributed by atoms with Crippen LogP contribution in [-0.4, -0.2) is 325 Å². The minimum atomic E-state index is -2.07. The van der Waals surface area contributed by atoms with Crippen molar-refractivity contribution >= 4 is 0 Å². The minimum absolute atomic E-state index is 0.0962. The van der Waals surface area contributed by atoms with E-state index in [-0.39, 0.29) is 13.2 Å². The lowest BCUT2D eigenvalue weighted by atomic mass is 9.96. The standard InChI is InChI=1S/C42H77NO30/c1-15-19(8-45)64-38(18(52)14-62-15)71-34-23(12-49)69-42(32(60)28(34)56)73-36-24(13-50)67-40(30(58)26(36)54)63-16(2)20(9-46)65-37(17(51)7-44)70-33-22(11-48)68-41(31(59)27(33)55)72-35-21(10-47)66-39(29(57)25(35)53)61-6-4-3-5-43/h15-42,44-60H,3-14,43H2,1-2H3/t15-,16-,17-,18-,19?,20?,21?,22?,23?,24?,25?,26?,27?,28?,29?,30?,31?,32?,33?,34?,35?,36?,37?,38?,39?,40?,41?,42?/m0/s1. The molecule has 5 fully saturated rings. The van der Waals surface area contributed by atoms with Crippen LogP contribution in [0.3, 0.4) is 0 Å². The van der Waals surface area contributed by atoms with E-state index in [0.717, 1.165) is 0 Å². The van der Waals surface area contributed by atoms with Crippen molar-refractivity contribution in [1.82, 2.24) is 0 Å². The van der Waals surface area contributed by atoms with Gasteiger partial charge in [0.15, 0.2) is 37.7 Å². The van der Waals surface area contributed by atoms with Crippen LogP contribution >= 0.6 is 0 Å². The zero-order valence-corrected chi connectivity index (χ0v) is 40.1. The molecule has 0 aromatic heterocycles. The summed E-state index contributed by atoms with van der Waals surface area (Å²) in [5.74, 6) is 0. The predicted molar refractivity (Wildman–Crippen MR) is 231 cm³/mol. The van der Waals surface area contributed by atoms with Crippen molar-refractivity contribution in [2.45, 2.75) is 199 Å². The number of aliphatic hydroxyl groups is 17. The first-order valence-electron chi connectivity index (χ1n) is 24.0. The Labute approximate surface area is 418 Å². The summed E-state index contributed by atoms with van der Waals surface area (Å²) < 4.78 is 73.6. The Morgan fingerprint density at radius 3 is 1.41 bits per heavy atom. The van der Waals surface area contributed by atoms with E-state index in [2.05, 4.69) is 0 Å². The molecule has 0 bridgehead atoms. The highest BCUT2D eigenvalue weighted by molar-refractivity contribution is 4.97. The van der Waals surface area contributed by atoms with Crippen molar-refractivity contribution in [2.24, 2.45) is 5.73 Å². The fraction of sp³-hybridized carbons (Fsp3) is 1.00. The maximum absolute atomic E-state index is 11.3. The van der Waals surface area contributed by atoms with Crippen LogP contribution in [0.15, 0.2) is 0 Å². The van der Waals surface area contributed by atoms with Crippen molar-refractivity contribution in [1.29, 1.82) is 0 Å². The Bertz CT molecular complexity index is 1550. The van der Waals surface area contributed by atoms with Gasteiger partial charge in [-0.15, -0.1) is 0 Å². The molecule has 5 rings (SSSR count). The smallest absolute Gasteiger partial charge is 0.187 e. The Hall–Kier alpha value is -1.24. The molecule has 24 unspecified atom stereocenters. The summed E-state index contributed by atoms with van der Waals surface area (Å²) in [4.78, 5) is 0. The lowest BCUT2D eigenvalue weighted by Crippen LogP contribution is -2.66. The molecule has 73 heavy (non-hydrogen) atoms. The van der Waals surface area contributed by atoms with E-state index in [1.54, 1.807) is 6.92 Å². The van der Waals surface area contributed by atoms with E-state index in [0.29, 0.717) is 19.4 Å². The maximum Gasteiger partial charge on any atom is 0.187 e.